The molecule has 1 N–H and O–H groups in total. The fourth-order valence-electron chi connectivity index (χ4n) is 6.13. The Morgan fingerprint density at radius 2 is 1.89 bits per heavy atom. The second-order valence-electron chi connectivity index (χ2n) is 10.4. The zero-order valence-electron chi connectivity index (χ0n) is 20.3. The van der Waals surface area contributed by atoms with Gasteiger partial charge in [0.1, 0.15) is 29.8 Å². The lowest BCUT2D eigenvalue weighted by molar-refractivity contribution is -0.136. The Kier molecular flexibility index (Phi) is 5.92. The molecule has 2 saturated heterocycles. The molecule has 3 fully saturated rings. The largest absolute Gasteiger partial charge is 0.489 e. The minimum atomic E-state index is -0.634. The monoisotopic (exact) mass is 502 g/mol. The highest BCUT2D eigenvalue weighted by atomic mass is 19.1. The van der Waals surface area contributed by atoms with Gasteiger partial charge in [0.2, 0.25) is 11.8 Å². The van der Waals surface area contributed by atoms with Crippen LogP contribution in [0.1, 0.15) is 65.1 Å². The highest BCUT2D eigenvalue weighted by molar-refractivity contribution is 6.05. The molecule has 190 valence electrons. The lowest BCUT2D eigenvalue weighted by atomic mass is 9.88. The van der Waals surface area contributed by atoms with Crippen molar-refractivity contribution in [1.29, 1.82) is 5.26 Å². The number of hydrogen-bond donors (Lipinski definition) is 1. The number of amides is 3. The van der Waals surface area contributed by atoms with Crippen molar-refractivity contribution in [2.75, 3.05) is 13.1 Å². The molecule has 2 aromatic rings. The van der Waals surface area contributed by atoms with Gasteiger partial charge in [0, 0.05) is 43.6 Å². The Morgan fingerprint density at radius 3 is 2.65 bits per heavy atom. The van der Waals surface area contributed by atoms with Crippen LogP contribution in [-0.2, 0) is 16.1 Å². The van der Waals surface area contributed by atoms with E-state index in [-0.39, 0.29) is 41.9 Å². The third-order valence-electron chi connectivity index (χ3n) is 8.16. The summed E-state index contributed by atoms with van der Waals surface area (Å²) >= 11 is 0. The number of halogens is 1. The predicted molar refractivity (Wildman–Crippen MR) is 130 cm³/mol. The second kappa shape index (κ2) is 9.27. The van der Waals surface area contributed by atoms with Gasteiger partial charge in [-0.25, -0.2) is 4.39 Å². The number of nitrogens with zero attached hydrogens (tertiary/aromatic N) is 3. The number of piperidine rings is 1. The Hall–Kier alpha value is -3.77. The van der Waals surface area contributed by atoms with Crippen molar-refractivity contribution in [2.45, 2.75) is 62.8 Å². The molecule has 9 heteroatoms. The standard InChI is InChI=1S/C28H27FN4O4/c29-22-11-16(4-5-17(22)12-30)19-13-32(14-19)23-2-1-3-25(23)37-20-6-7-21-18(10-20)15-33(28(21)36)24-8-9-26(34)31-27(24)35/h4-7,10-11,19,23-25H,1-3,8-9,13-15H2,(H,31,34,35)/t23-,24?,25+/m0/s1. The van der Waals surface area contributed by atoms with Crippen LogP contribution in [0, 0.1) is 17.1 Å². The average Bonchev–Trinajstić information content (AvgIpc) is 3.42. The molecule has 3 amide bonds. The first-order valence-electron chi connectivity index (χ1n) is 12.8. The first-order chi connectivity index (χ1) is 17.9. The fraction of sp³-hybridized carbons (Fsp3) is 0.429. The van der Waals surface area contributed by atoms with Crippen LogP contribution < -0.4 is 10.1 Å². The fourth-order valence-corrected chi connectivity index (χ4v) is 6.13. The number of nitriles is 1. The number of fused-ring (bicyclic) bond motifs is 1. The van der Waals surface area contributed by atoms with Crippen molar-refractivity contribution < 1.29 is 23.5 Å². The van der Waals surface area contributed by atoms with E-state index >= 15 is 0 Å². The third-order valence-corrected chi connectivity index (χ3v) is 8.16. The molecule has 1 saturated carbocycles. The zero-order chi connectivity index (χ0) is 25.7. The van der Waals surface area contributed by atoms with E-state index in [2.05, 4.69) is 10.2 Å². The second-order valence-corrected chi connectivity index (χ2v) is 10.4. The van der Waals surface area contributed by atoms with Gasteiger partial charge in [-0.15, -0.1) is 0 Å². The molecule has 0 spiro atoms. The summed E-state index contributed by atoms with van der Waals surface area (Å²) in [7, 11) is 0. The Labute approximate surface area is 214 Å². The summed E-state index contributed by atoms with van der Waals surface area (Å²) in [6.45, 7) is 1.98. The maximum Gasteiger partial charge on any atom is 0.255 e. The number of rotatable bonds is 5. The lowest BCUT2D eigenvalue weighted by Gasteiger charge is -2.45. The van der Waals surface area contributed by atoms with Crippen LogP contribution in [0.15, 0.2) is 36.4 Å². The number of ether oxygens (including phenoxy) is 1. The Balaban J connectivity index is 1.09. The van der Waals surface area contributed by atoms with Crippen LogP contribution in [0.3, 0.4) is 0 Å². The van der Waals surface area contributed by atoms with E-state index in [1.807, 2.05) is 24.3 Å². The van der Waals surface area contributed by atoms with Gasteiger partial charge in [-0.05, 0) is 67.1 Å². The smallest absolute Gasteiger partial charge is 0.255 e. The molecule has 1 aliphatic carbocycles. The number of benzene rings is 2. The van der Waals surface area contributed by atoms with Gasteiger partial charge < -0.3 is 9.64 Å². The summed E-state index contributed by atoms with van der Waals surface area (Å²) in [6.07, 6.45) is 3.63. The number of carbonyl (C=O) groups is 3. The number of nitrogens with one attached hydrogen (secondary N) is 1. The third kappa shape index (κ3) is 4.25. The van der Waals surface area contributed by atoms with Gasteiger partial charge >= 0.3 is 0 Å². The molecular formula is C28H27FN4O4. The maximum absolute atomic E-state index is 14.0. The first kappa shape index (κ1) is 23.6. The van der Waals surface area contributed by atoms with Crippen LogP contribution in [0.2, 0.25) is 0 Å². The SMILES string of the molecule is N#Cc1ccc(C2CN([C@H]3CCC[C@H]3Oc3ccc4c(c3)CN(C3CCC(=O)NC3=O)C4=O)C2)cc1F. The van der Waals surface area contributed by atoms with Crippen molar-refractivity contribution in [1.82, 2.24) is 15.1 Å². The summed E-state index contributed by atoms with van der Waals surface area (Å²) in [6, 6.07) is 11.9. The molecule has 2 aromatic carbocycles. The van der Waals surface area contributed by atoms with Crippen molar-refractivity contribution in [3.63, 3.8) is 0 Å². The molecule has 8 nitrogen and oxygen atoms in total. The van der Waals surface area contributed by atoms with E-state index in [0.29, 0.717) is 24.3 Å². The van der Waals surface area contributed by atoms with Crippen LogP contribution in [-0.4, -0.2) is 58.8 Å². The summed E-state index contributed by atoms with van der Waals surface area (Å²) < 4.78 is 20.5. The molecule has 4 aliphatic rings. The molecule has 3 heterocycles. The van der Waals surface area contributed by atoms with Crippen molar-refractivity contribution in [2.24, 2.45) is 0 Å². The molecule has 0 bridgehead atoms. The van der Waals surface area contributed by atoms with Gasteiger partial charge in [-0.1, -0.05) is 6.07 Å². The lowest BCUT2D eigenvalue weighted by Crippen LogP contribution is -2.54. The Morgan fingerprint density at radius 1 is 1.05 bits per heavy atom. The van der Waals surface area contributed by atoms with E-state index in [9.17, 15) is 18.8 Å². The van der Waals surface area contributed by atoms with Gasteiger partial charge in [0.05, 0.1) is 5.56 Å². The summed E-state index contributed by atoms with van der Waals surface area (Å²) in [5.74, 6) is -0.427. The molecule has 0 radical (unpaired) electrons. The normalized spacial score (nSPS) is 26.0. The summed E-state index contributed by atoms with van der Waals surface area (Å²) in [5.41, 5.74) is 2.39. The summed E-state index contributed by atoms with van der Waals surface area (Å²) in [4.78, 5) is 40.7. The van der Waals surface area contributed by atoms with Gasteiger partial charge in [0.25, 0.3) is 5.91 Å². The number of likely N-dealkylation sites (tertiary alicyclic amines) is 1. The maximum atomic E-state index is 14.0. The number of imide groups is 1. The zero-order valence-corrected chi connectivity index (χ0v) is 20.3. The minimum Gasteiger partial charge on any atom is -0.489 e. The molecule has 3 aliphatic heterocycles. The average molecular weight is 503 g/mol. The predicted octanol–water partition coefficient (Wildman–Crippen LogP) is 2.86. The molecular weight excluding hydrogens is 475 g/mol. The van der Waals surface area contributed by atoms with E-state index in [0.717, 1.165) is 43.5 Å². The molecule has 3 atom stereocenters. The highest BCUT2D eigenvalue weighted by Crippen LogP contribution is 2.37. The van der Waals surface area contributed by atoms with Gasteiger partial charge in [-0.2, -0.15) is 5.26 Å². The molecule has 6 rings (SSSR count). The molecule has 1 unspecified atom stereocenters. The van der Waals surface area contributed by atoms with Crippen molar-refractivity contribution in [3.05, 3.63) is 64.5 Å². The van der Waals surface area contributed by atoms with E-state index in [1.54, 1.807) is 17.0 Å². The van der Waals surface area contributed by atoms with Crippen LogP contribution >= 0.6 is 0 Å². The Bertz CT molecular complexity index is 1330. The molecule has 0 aromatic heterocycles. The van der Waals surface area contributed by atoms with E-state index in [1.165, 1.54) is 6.07 Å². The van der Waals surface area contributed by atoms with Crippen LogP contribution in [0.5, 0.6) is 5.75 Å². The topological polar surface area (TPSA) is 103 Å². The first-order valence-corrected chi connectivity index (χ1v) is 12.8. The van der Waals surface area contributed by atoms with Crippen LogP contribution in [0.4, 0.5) is 4.39 Å². The minimum absolute atomic E-state index is 0.0278. The quantitative estimate of drug-likeness (QED) is 0.631. The number of hydrogen-bond acceptors (Lipinski definition) is 6. The van der Waals surface area contributed by atoms with Gasteiger partial charge in [0.15, 0.2) is 0 Å². The van der Waals surface area contributed by atoms with Crippen molar-refractivity contribution >= 4 is 17.7 Å². The number of carbonyl (C=O) groups excluding carboxylic acids is 3. The van der Waals surface area contributed by atoms with Crippen molar-refractivity contribution in [3.8, 4) is 11.8 Å². The van der Waals surface area contributed by atoms with E-state index < -0.39 is 17.8 Å². The van der Waals surface area contributed by atoms with Gasteiger partial charge in [-0.3, -0.25) is 24.6 Å². The van der Waals surface area contributed by atoms with Crippen LogP contribution in [0.25, 0.3) is 0 Å². The molecule has 37 heavy (non-hydrogen) atoms. The van der Waals surface area contributed by atoms with E-state index in [4.69, 9.17) is 10.00 Å². The highest BCUT2D eigenvalue weighted by Gasteiger charge is 2.42. The summed E-state index contributed by atoms with van der Waals surface area (Å²) in [5, 5.41) is 11.3.